The SMILES string of the molecule is COc1ccccc1CCOS(=O)(=O)c1ccc(C)cc1. The van der Waals surface area contributed by atoms with Crippen LogP contribution in [0.4, 0.5) is 0 Å². The van der Waals surface area contributed by atoms with Gasteiger partial charge in [0.05, 0.1) is 18.6 Å². The van der Waals surface area contributed by atoms with Crippen molar-refractivity contribution in [1.82, 2.24) is 0 Å². The van der Waals surface area contributed by atoms with Gasteiger partial charge in [-0.15, -0.1) is 0 Å². The van der Waals surface area contributed by atoms with E-state index in [2.05, 4.69) is 0 Å². The fourth-order valence-corrected chi connectivity index (χ4v) is 2.85. The second kappa shape index (κ2) is 6.74. The number of hydrogen-bond acceptors (Lipinski definition) is 4. The Morgan fingerprint density at radius 1 is 1.00 bits per heavy atom. The maximum Gasteiger partial charge on any atom is 0.296 e. The molecule has 0 amide bonds. The summed E-state index contributed by atoms with van der Waals surface area (Å²) in [5.74, 6) is 0.730. The van der Waals surface area contributed by atoms with Crippen LogP contribution in [0.2, 0.25) is 0 Å². The monoisotopic (exact) mass is 306 g/mol. The minimum Gasteiger partial charge on any atom is -0.496 e. The molecule has 0 aromatic heterocycles. The molecule has 0 N–H and O–H groups in total. The normalized spacial score (nSPS) is 11.3. The first kappa shape index (κ1) is 15.5. The molecule has 0 unspecified atom stereocenters. The highest BCUT2D eigenvalue weighted by atomic mass is 32.2. The lowest BCUT2D eigenvalue weighted by Gasteiger charge is -2.09. The van der Waals surface area contributed by atoms with Crippen molar-refractivity contribution < 1.29 is 17.3 Å². The molecule has 2 aromatic carbocycles. The van der Waals surface area contributed by atoms with Crippen molar-refractivity contribution in [2.75, 3.05) is 13.7 Å². The first-order chi connectivity index (χ1) is 10.0. The third-order valence-corrected chi connectivity index (χ3v) is 4.44. The third kappa shape index (κ3) is 4.06. The summed E-state index contributed by atoms with van der Waals surface area (Å²) in [6.07, 6.45) is 0.467. The molecule has 21 heavy (non-hydrogen) atoms. The van der Waals surface area contributed by atoms with Crippen molar-refractivity contribution in [3.05, 3.63) is 59.7 Å². The predicted molar refractivity (Wildman–Crippen MR) is 81.0 cm³/mol. The summed E-state index contributed by atoms with van der Waals surface area (Å²) in [5.41, 5.74) is 1.92. The van der Waals surface area contributed by atoms with E-state index in [1.807, 2.05) is 31.2 Å². The molecule has 0 aliphatic heterocycles. The van der Waals surface area contributed by atoms with Gasteiger partial charge in [-0.25, -0.2) is 0 Å². The number of aryl methyl sites for hydroxylation is 1. The Bertz CT molecular complexity index is 690. The summed E-state index contributed by atoms with van der Waals surface area (Å²) in [5, 5.41) is 0. The number of ether oxygens (including phenoxy) is 1. The number of rotatable bonds is 6. The molecule has 0 aliphatic carbocycles. The van der Waals surface area contributed by atoms with Gasteiger partial charge in [0.1, 0.15) is 5.75 Å². The van der Waals surface area contributed by atoms with E-state index in [4.69, 9.17) is 8.92 Å². The van der Waals surface area contributed by atoms with E-state index in [1.54, 1.807) is 31.4 Å². The maximum atomic E-state index is 12.0. The van der Waals surface area contributed by atoms with Gasteiger partial charge >= 0.3 is 0 Å². The Labute approximate surface area is 125 Å². The van der Waals surface area contributed by atoms with Gasteiger partial charge in [-0.05, 0) is 30.7 Å². The Morgan fingerprint density at radius 3 is 2.33 bits per heavy atom. The second-order valence-electron chi connectivity index (χ2n) is 4.65. The fourth-order valence-electron chi connectivity index (χ4n) is 1.94. The molecule has 0 saturated heterocycles. The molecule has 2 aromatic rings. The van der Waals surface area contributed by atoms with Gasteiger partial charge in [0, 0.05) is 6.42 Å². The van der Waals surface area contributed by atoms with Crippen LogP contribution in [0.1, 0.15) is 11.1 Å². The highest BCUT2D eigenvalue weighted by Gasteiger charge is 2.15. The van der Waals surface area contributed by atoms with Gasteiger partial charge in [-0.3, -0.25) is 4.18 Å². The zero-order valence-electron chi connectivity index (χ0n) is 12.1. The number of para-hydroxylation sites is 1. The molecule has 0 atom stereocenters. The van der Waals surface area contributed by atoms with Gasteiger partial charge < -0.3 is 4.74 Å². The summed E-state index contributed by atoms with van der Waals surface area (Å²) >= 11 is 0. The van der Waals surface area contributed by atoms with Crippen LogP contribution in [0.25, 0.3) is 0 Å². The predicted octanol–water partition coefficient (Wildman–Crippen LogP) is 2.95. The molecule has 0 bridgehead atoms. The minimum absolute atomic E-state index is 0.0799. The molecule has 0 heterocycles. The van der Waals surface area contributed by atoms with E-state index >= 15 is 0 Å². The lowest BCUT2D eigenvalue weighted by atomic mass is 10.1. The first-order valence-electron chi connectivity index (χ1n) is 6.61. The summed E-state index contributed by atoms with van der Waals surface area (Å²) in [6.45, 7) is 1.98. The molecule has 0 spiro atoms. The molecule has 2 rings (SSSR count). The van der Waals surface area contributed by atoms with Gasteiger partial charge in [0.15, 0.2) is 0 Å². The van der Waals surface area contributed by atoms with Crippen LogP contribution < -0.4 is 4.74 Å². The van der Waals surface area contributed by atoms with Gasteiger partial charge in [0.25, 0.3) is 10.1 Å². The number of methoxy groups -OCH3 is 1. The van der Waals surface area contributed by atoms with Crippen LogP contribution in [0.3, 0.4) is 0 Å². The lowest BCUT2D eigenvalue weighted by Crippen LogP contribution is -2.09. The van der Waals surface area contributed by atoms with Crippen LogP contribution >= 0.6 is 0 Å². The summed E-state index contributed by atoms with van der Waals surface area (Å²) < 4.78 is 34.4. The molecule has 0 fully saturated rings. The Balaban J connectivity index is 2.01. The Kier molecular flexibility index (Phi) is 4.98. The fraction of sp³-hybridized carbons (Fsp3) is 0.250. The van der Waals surface area contributed by atoms with E-state index in [0.29, 0.717) is 6.42 Å². The second-order valence-corrected chi connectivity index (χ2v) is 6.27. The molecule has 0 saturated carbocycles. The molecule has 0 radical (unpaired) electrons. The summed E-state index contributed by atoms with van der Waals surface area (Å²) in [6, 6.07) is 14.1. The standard InChI is InChI=1S/C16H18O4S/c1-13-7-9-15(10-8-13)21(17,18)20-12-11-14-5-3-4-6-16(14)19-2/h3-10H,11-12H2,1-2H3. The number of benzene rings is 2. The summed E-state index contributed by atoms with van der Waals surface area (Å²) in [4.78, 5) is 0.174. The topological polar surface area (TPSA) is 52.6 Å². The smallest absolute Gasteiger partial charge is 0.296 e. The third-order valence-electron chi connectivity index (χ3n) is 3.11. The van der Waals surface area contributed by atoms with Crippen LogP contribution in [0, 0.1) is 6.92 Å². The van der Waals surface area contributed by atoms with Crippen molar-refractivity contribution >= 4 is 10.1 Å². The van der Waals surface area contributed by atoms with Gasteiger partial charge in [-0.1, -0.05) is 35.9 Å². The molecule has 0 aliphatic rings. The first-order valence-corrected chi connectivity index (χ1v) is 8.02. The molecular weight excluding hydrogens is 288 g/mol. The van der Waals surface area contributed by atoms with Crippen molar-refractivity contribution in [1.29, 1.82) is 0 Å². The zero-order chi connectivity index (χ0) is 15.3. The Morgan fingerprint density at radius 2 is 1.67 bits per heavy atom. The zero-order valence-corrected chi connectivity index (χ0v) is 12.9. The largest absolute Gasteiger partial charge is 0.496 e. The maximum absolute atomic E-state index is 12.0. The quantitative estimate of drug-likeness (QED) is 0.770. The van der Waals surface area contributed by atoms with Gasteiger partial charge in [0.2, 0.25) is 0 Å². The van der Waals surface area contributed by atoms with E-state index in [1.165, 1.54) is 0 Å². The van der Waals surface area contributed by atoms with E-state index in [-0.39, 0.29) is 11.5 Å². The molecule has 4 nitrogen and oxygen atoms in total. The van der Waals surface area contributed by atoms with Crippen LogP contribution in [-0.2, 0) is 20.7 Å². The van der Waals surface area contributed by atoms with E-state index in [9.17, 15) is 8.42 Å². The molecular formula is C16H18O4S. The van der Waals surface area contributed by atoms with Gasteiger partial charge in [-0.2, -0.15) is 8.42 Å². The molecule has 112 valence electrons. The number of hydrogen-bond donors (Lipinski definition) is 0. The van der Waals surface area contributed by atoms with Crippen LogP contribution in [0.15, 0.2) is 53.4 Å². The minimum atomic E-state index is -3.71. The van der Waals surface area contributed by atoms with Crippen molar-refractivity contribution in [2.24, 2.45) is 0 Å². The van der Waals surface area contributed by atoms with E-state index in [0.717, 1.165) is 16.9 Å². The van der Waals surface area contributed by atoms with Crippen molar-refractivity contribution in [2.45, 2.75) is 18.2 Å². The Hall–Kier alpha value is -1.85. The lowest BCUT2D eigenvalue weighted by molar-refractivity contribution is 0.319. The van der Waals surface area contributed by atoms with Crippen LogP contribution in [-0.4, -0.2) is 22.1 Å². The highest BCUT2D eigenvalue weighted by molar-refractivity contribution is 7.86. The average Bonchev–Trinajstić information content (AvgIpc) is 2.48. The molecule has 5 heteroatoms. The highest BCUT2D eigenvalue weighted by Crippen LogP contribution is 2.19. The van der Waals surface area contributed by atoms with E-state index < -0.39 is 10.1 Å². The average molecular weight is 306 g/mol. The van der Waals surface area contributed by atoms with Crippen molar-refractivity contribution in [3.8, 4) is 5.75 Å². The van der Waals surface area contributed by atoms with Crippen LogP contribution in [0.5, 0.6) is 5.75 Å². The van der Waals surface area contributed by atoms with Crippen molar-refractivity contribution in [3.63, 3.8) is 0 Å². The summed E-state index contributed by atoms with van der Waals surface area (Å²) in [7, 11) is -2.12.